The van der Waals surface area contributed by atoms with Gasteiger partial charge in [-0.25, -0.2) is 9.67 Å². The van der Waals surface area contributed by atoms with Crippen LogP contribution in [0.2, 0.25) is 0 Å². The third-order valence-corrected chi connectivity index (χ3v) is 5.67. The molecule has 1 aliphatic rings. The molecule has 0 saturated heterocycles. The molecule has 178 valence electrons. The number of aromatic nitrogens is 5. The number of carbonyl (C=O) groups excluding carboxylic acids is 1. The van der Waals surface area contributed by atoms with E-state index in [1.807, 2.05) is 68.4 Å². The standard InChI is InChI=1S/C25H27N9O/c1-14-9-15(2)11-17(10-14)28-21-12-19(23(31-30-21)25(35)26-4)29-18-7-6-8-20-24(18)33(5)13-22-27-16(3)32-34(20)22/h6-12H,13H2,1-5H3,(H,26,35)(H2,28,29,30)/i4D3. The number of fused-ring (bicyclic) bond motifs is 3. The van der Waals surface area contributed by atoms with Crippen LogP contribution in [0.25, 0.3) is 5.69 Å². The fourth-order valence-corrected chi connectivity index (χ4v) is 4.36. The Morgan fingerprint density at radius 3 is 2.60 bits per heavy atom. The van der Waals surface area contributed by atoms with Gasteiger partial charge in [0.05, 0.1) is 29.3 Å². The van der Waals surface area contributed by atoms with E-state index >= 15 is 0 Å². The van der Waals surface area contributed by atoms with Gasteiger partial charge in [0, 0.05) is 29.9 Å². The lowest BCUT2D eigenvalue weighted by atomic mass is 10.1. The SMILES string of the molecule is [2H]C([2H])([2H])NC(=O)c1nnc(Nc2cc(C)cc(C)c2)cc1Nc1cccc2c1N(C)Cc1nc(C)nn1-2. The number of aryl methyl sites for hydroxylation is 3. The Labute approximate surface area is 207 Å². The summed E-state index contributed by atoms with van der Waals surface area (Å²) >= 11 is 0. The Bertz CT molecular complexity index is 1530. The summed E-state index contributed by atoms with van der Waals surface area (Å²) in [6.07, 6.45) is 0. The Hall–Kier alpha value is -4.47. The van der Waals surface area contributed by atoms with Crippen LogP contribution in [0.5, 0.6) is 0 Å². The van der Waals surface area contributed by atoms with Crippen molar-refractivity contribution in [2.24, 2.45) is 0 Å². The Kier molecular flexibility index (Phi) is 4.70. The maximum Gasteiger partial charge on any atom is 0.273 e. The van der Waals surface area contributed by atoms with Crippen LogP contribution in [-0.4, -0.2) is 44.9 Å². The lowest BCUT2D eigenvalue weighted by Crippen LogP contribution is -2.27. The van der Waals surface area contributed by atoms with E-state index in [1.54, 1.807) is 10.7 Å². The molecule has 10 nitrogen and oxygen atoms in total. The molecule has 3 N–H and O–H groups in total. The average molecular weight is 473 g/mol. The smallest absolute Gasteiger partial charge is 0.273 e. The first kappa shape index (κ1) is 18.9. The van der Waals surface area contributed by atoms with E-state index in [0.717, 1.165) is 34.0 Å². The van der Waals surface area contributed by atoms with Crippen LogP contribution in [0.1, 0.15) is 37.4 Å². The Morgan fingerprint density at radius 1 is 1.03 bits per heavy atom. The van der Waals surface area contributed by atoms with E-state index in [1.165, 1.54) is 0 Å². The summed E-state index contributed by atoms with van der Waals surface area (Å²) in [5.41, 5.74) is 5.45. The number of rotatable bonds is 5. The number of nitrogens with one attached hydrogen (secondary N) is 3. The van der Waals surface area contributed by atoms with E-state index in [2.05, 4.69) is 37.0 Å². The lowest BCUT2D eigenvalue weighted by molar-refractivity contribution is 0.0958. The molecule has 2 aromatic carbocycles. The fraction of sp³-hybridized carbons (Fsp3) is 0.240. The van der Waals surface area contributed by atoms with Gasteiger partial charge in [-0.05, 0) is 56.2 Å². The van der Waals surface area contributed by atoms with E-state index in [4.69, 9.17) is 4.11 Å². The minimum absolute atomic E-state index is 0.152. The largest absolute Gasteiger partial charge is 0.364 e. The fourth-order valence-electron chi connectivity index (χ4n) is 4.36. The normalized spacial score (nSPS) is 13.7. The Morgan fingerprint density at radius 2 is 1.83 bits per heavy atom. The molecule has 1 aliphatic heterocycles. The van der Waals surface area contributed by atoms with E-state index in [9.17, 15) is 4.79 Å². The molecule has 0 unspecified atom stereocenters. The summed E-state index contributed by atoms with van der Waals surface area (Å²) < 4.78 is 24.2. The number of hydrogen-bond donors (Lipinski definition) is 3. The average Bonchev–Trinajstić information content (AvgIpc) is 3.17. The van der Waals surface area contributed by atoms with Crippen molar-refractivity contribution in [1.82, 2.24) is 30.3 Å². The van der Waals surface area contributed by atoms with Crippen LogP contribution in [0, 0.1) is 20.8 Å². The van der Waals surface area contributed by atoms with Crippen molar-refractivity contribution in [2.45, 2.75) is 27.3 Å². The zero-order chi connectivity index (χ0) is 27.2. The highest BCUT2D eigenvalue weighted by Crippen LogP contribution is 2.38. The van der Waals surface area contributed by atoms with Crippen molar-refractivity contribution in [3.05, 3.63) is 70.9 Å². The van der Waals surface area contributed by atoms with Gasteiger partial charge in [0.2, 0.25) is 0 Å². The molecule has 0 radical (unpaired) electrons. The molecule has 5 rings (SSSR count). The number of para-hydroxylation sites is 1. The number of hydrogen-bond acceptors (Lipinski definition) is 8. The van der Waals surface area contributed by atoms with Crippen molar-refractivity contribution in [1.29, 1.82) is 0 Å². The third kappa shape index (κ3) is 4.25. The maximum atomic E-state index is 12.9. The summed E-state index contributed by atoms with van der Waals surface area (Å²) in [7, 11) is 1.94. The zero-order valence-corrected chi connectivity index (χ0v) is 19.8. The quantitative estimate of drug-likeness (QED) is 0.402. The molecule has 10 heteroatoms. The third-order valence-electron chi connectivity index (χ3n) is 5.67. The van der Waals surface area contributed by atoms with Crippen molar-refractivity contribution in [3.63, 3.8) is 0 Å². The summed E-state index contributed by atoms with van der Waals surface area (Å²) in [5.74, 6) is 1.00. The maximum absolute atomic E-state index is 12.9. The molecular weight excluding hydrogens is 442 g/mol. The summed E-state index contributed by atoms with van der Waals surface area (Å²) in [4.78, 5) is 19.4. The van der Waals surface area contributed by atoms with Gasteiger partial charge in [-0.1, -0.05) is 12.1 Å². The number of amides is 1. The monoisotopic (exact) mass is 472 g/mol. The van der Waals surface area contributed by atoms with Gasteiger partial charge in [0.1, 0.15) is 5.82 Å². The predicted molar refractivity (Wildman–Crippen MR) is 136 cm³/mol. The van der Waals surface area contributed by atoms with Gasteiger partial charge in [0.15, 0.2) is 17.3 Å². The van der Waals surface area contributed by atoms with Gasteiger partial charge >= 0.3 is 0 Å². The van der Waals surface area contributed by atoms with Gasteiger partial charge < -0.3 is 20.9 Å². The molecule has 0 atom stereocenters. The highest BCUT2D eigenvalue weighted by molar-refractivity contribution is 5.99. The Balaban J connectivity index is 1.57. The molecule has 0 fully saturated rings. The number of anilines is 5. The van der Waals surface area contributed by atoms with E-state index in [0.29, 0.717) is 23.9 Å². The molecule has 4 aromatic rings. The summed E-state index contributed by atoms with van der Waals surface area (Å²) in [6, 6.07) is 13.3. The molecule has 0 spiro atoms. The van der Waals surface area contributed by atoms with E-state index < -0.39 is 12.9 Å². The van der Waals surface area contributed by atoms with Gasteiger partial charge in [-0.3, -0.25) is 4.79 Å². The van der Waals surface area contributed by atoms with Crippen LogP contribution in [0.15, 0.2) is 42.5 Å². The first-order chi connectivity index (χ1) is 18.0. The lowest BCUT2D eigenvalue weighted by Gasteiger charge is -2.29. The van der Waals surface area contributed by atoms with Crippen LogP contribution < -0.4 is 20.9 Å². The molecule has 0 bridgehead atoms. The second-order valence-corrected chi connectivity index (χ2v) is 8.59. The number of nitrogens with zero attached hydrogens (tertiary/aromatic N) is 6. The van der Waals surface area contributed by atoms with Gasteiger partial charge in [-0.2, -0.15) is 5.10 Å². The van der Waals surface area contributed by atoms with Crippen LogP contribution in [0.4, 0.5) is 28.6 Å². The van der Waals surface area contributed by atoms with Gasteiger partial charge in [0.25, 0.3) is 5.91 Å². The predicted octanol–water partition coefficient (Wildman–Crippen LogP) is 3.78. The summed E-state index contributed by atoms with van der Waals surface area (Å²) in [5, 5.41) is 21.3. The first-order valence-corrected chi connectivity index (χ1v) is 11.1. The zero-order valence-electron chi connectivity index (χ0n) is 22.8. The highest BCUT2D eigenvalue weighted by Gasteiger charge is 2.25. The van der Waals surface area contributed by atoms with Crippen LogP contribution in [-0.2, 0) is 6.54 Å². The molecular formula is C25H27N9O. The van der Waals surface area contributed by atoms with Crippen molar-refractivity contribution in [3.8, 4) is 5.69 Å². The van der Waals surface area contributed by atoms with Crippen LogP contribution >= 0.6 is 0 Å². The van der Waals surface area contributed by atoms with E-state index in [-0.39, 0.29) is 11.4 Å². The topological polar surface area (TPSA) is 113 Å². The molecule has 35 heavy (non-hydrogen) atoms. The van der Waals surface area contributed by atoms with Crippen molar-refractivity contribution >= 4 is 34.5 Å². The van der Waals surface area contributed by atoms with Crippen LogP contribution in [0.3, 0.4) is 0 Å². The van der Waals surface area contributed by atoms with Crippen molar-refractivity contribution < 1.29 is 8.91 Å². The van der Waals surface area contributed by atoms with Gasteiger partial charge in [-0.15, -0.1) is 10.2 Å². The molecule has 0 aliphatic carbocycles. The minimum Gasteiger partial charge on any atom is -0.364 e. The second kappa shape index (κ2) is 8.71. The summed E-state index contributed by atoms with van der Waals surface area (Å²) in [6.45, 7) is 3.69. The molecule has 0 saturated carbocycles. The number of carbonyl (C=O) groups is 1. The molecule has 2 aromatic heterocycles. The number of benzene rings is 2. The molecule has 3 heterocycles. The second-order valence-electron chi connectivity index (χ2n) is 8.59. The first-order valence-electron chi connectivity index (χ1n) is 12.6. The van der Waals surface area contributed by atoms with Crippen molar-refractivity contribution in [2.75, 3.05) is 29.6 Å². The minimum atomic E-state index is -2.68. The molecule has 1 amide bonds. The highest BCUT2D eigenvalue weighted by atomic mass is 16.1.